The van der Waals surface area contributed by atoms with Gasteiger partial charge in [0.25, 0.3) is 0 Å². The first-order chi connectivity index (χ1) is 34.8. The number of carbonyl (C=O) groups excluding carboxylic acids is 8. The van der Waals surface area contributed by atoms with Crippen LogP contribution in [0.4, 0.5) is 9.59 Å². The minimum Gasteiger partial charge on any atom is -0.463 e. The van der Waals surface area contributed by atoms with Gasteiger partial charge in [-0.05, 0) is 118 Å². The first-order valence-corrected chi connectivity index (χ1v) is 22.4. The van der Waals surface area contributed by atoms with Crippen molar-refractivity contribution >= 4 is 48.1 Å². The Balaban J connectivity index is 0.000000598. The second-order valence-electron chi connectivity index (χ2n) is 15.4. The summed E-state index contributed by atoms with van der Waals surface area (Å²) in [5.41, 5.74) is 1.99. The molecule has 2 saturated heterocycles. The fraction of sp³-hybridized carbons (Fsp3) is 0.308. The monoisotopic (exact) mass is 996 g/mol. The second kappa shape index (κ2) is 28.3. The van der Waals surface area contributed by atoms with E-state index in [2.05, 4.69) is 22.6 Å². The molecule has 4 aromatic carbocycles. The molecular weight excluding hydrogens is 945 g/mol. The molecule has 0 bridgehead atoms. The summed E-state index contributed by atoms with van der Waals surface area (Å²) in [6, 6.07) is 24.3. The fourth-order valence-electron chi connectivity index (χ4n) is 6.41. The van der Waals surface area contributed by atoms with E-state index in [-0.39, 0.29) is 67.0 Å². The van der Waals surface area contributed by atoms with Crippen LogP contribution in [0, 0.1) is 6.92 Å². The highest BCUT2D eigenvalue weighted by Gasteiger charge is 2.51. The Hall–Kier alpha value is -8.36. The van der Waals surface area contributed by atoms with E-state index in [0.29, 0.717) is 37.9 Å². The highest BCUT2D eigenvalue weighted by atomic mass is 16.7. The van der Waals surface area contributed by atoms with Gasteiger partial charge in [-0.15, -0.1) is 0 Å². The average molecular weight is 997 g/mol. The van der Waals surface area contributed by atoms with Crippen LogP contribution in [-0.2, 0) is 52.2 Å². The Morgan fingerprint density at radius 3 is 1.18 bits per heavy atom. The van der Waals surface area contributed by atoms with E-state index in [1.165, 1.54) is 79.9 Å². The molecule has 4 atom stereocenters. The van der Waals surface area contributed by atoms with Gasteiger partial charge in [0.2, 0.25) is 0 Å². The van der Waals surface area contributed by atoms with Gasteiger partial charge in [-0.2, -0.15) is 0 Å². The Morgan fingerprint density at radius 2 is 0.806 bits per heavy atom. The number of fused-ring (bicyclic) bond motifs is 1. The highest BCUT2D eigenvalue weighted by Crippen LogP contribution is 2.32. The smallest absolute Gasteiger partial charge is 0.463 e. The van der Waals surface area contributed by atoms with Gasteiger partial charge in [0.1, 0.15) is 29.5 Å². The lowest BCUT2D eigenvalue weighted by atomic mass is 10.1. The summed E-state index contributed by atoms with van der Waals surface area (Å²) in [5, 5.41) is 0. The lowest BCUT2D eigenvalue weighted by Crippen LogP contribution is -2.36. The van der Waals surface area contributed by atoms with Crippen molar-refractivity contribution in [3.63, 3.8) is 0 Å². The first-order valence-electron chi connectivity index (χ1n) is 22.4. The van der Waals surface area contributed by atoms with Gasteiger partial charge in [0.15, 0.2) is 12.2 Å². The van der Waals surface area contributed by atoms with Crippen LogP contribution in [0.3, 0.4) is 0 Å². The van der Waals surface area contributed by atoms with Crippen LogP contribution >= 0.6 is 0 Å². The van der Waals surface area contributed by atoms with Gasteiger partial charge in [-0.3, -0.25) is 0 Å². The lowest BCUT2D eigenvalue weighted by Gasteiger charge is -2.17. The summed E-state index contributed by atoms with van der Waals surface area (Å²) in [5.74, 6) is -2.92. The standard InChI is InChI=1S/C43H38O15.C9H14O5/c1-3-36(44)50-22-4-5-23-51-43(49)56-33-20-14-28(15-21-33)40(46)55-32-18-12-30(13-19-32)42(48)58-35-25-53-37-34(24-52-38(35)37)57-41(47)29-10-16-31(17-11-29)54-39(45)27-8-6-26(2)7-9-27;1-3-8(10)13-6-4-5-7-14-9(11)12-2/h3,6-21,34-35,37-38H,1,4-5,22-25H2,2H3;3H,1,4-7H2,2H3/t34?,35-,37?,38?;/m1./s1. The van der Waals surface area contributed by atoms with E-state index in [1.807, 2.05) is 19.1 Å². The molecule has 2 heterocycles. The Bertz CT molecular complexity index is 2500. The van der Waals surface area contributed by atoms with Gasteiger partial charge < -0.3 is 56.8 Å². The van der Waals surface area contributed by atoms with E-state index in [9.17, 15) is 38.4 Å². The molecule has 6 rings (SSSR count). The summed E-state index contributed by atoms with van der Waals surface area (Å²) in [6.07, 6.45) is -0.111. The van der Waals surface area contributed by atoms with E-state index in [1.54, 1.807) is 12.1 Å². The molecule has 2 fully saturated rings. The third-order valence-electron chi connectivity index (χ3n) is 10.2. The number of esters is 6. The van der Waals surface area contributed by atoms with Crippen molar-refractivity contribution in [3.05, 3.63) is 150 Å². The zero-order valence-electron chi connectivity index (χ0n) is 39.4. The largest absolute Gasteiger partial charge is 0.513 e. The Kier molecular flexibility index (Phi) is 21.5. The van der Waals surface area contributed by atoms with Crippen LogP contribution in [0.1, 0.15) is 72.7 Å². The van der Waals surface area contributed by atoms with Gasteiger partial charge in [0.05, 0.1) is 69.0 Å². The molecular formula is C52H52O20. The molecule has 3 unspecified atom stereocenters. The zero-order valence-corrected chi connectivity index (χ0v) is 39.4. The number of carbonyl (C=O) groups is 8. The molecule has 0 N–H and O–H groups in total. The van der Waals surface area contributed by atoms with E-state index < -0.39 is 72.5 Å². The zero-order chi connectivity index (χ0) is 51.8. The van der Waals surface area contributed by atoms with Crippen LogP contribution < -0.4 is 14.2 Å². The summed E-state index contributed by atoms with van der Waals surface area (Å²) >= 11 is 0. The van der Waals surface area contributed by atoms with E-state index in [0.717, 1.165) is 17.7 Å². The number of benzene rings is 4. The number of unbranched alkanes of at least 4 members (excludes halogenated alkanes) is 2. The van der Waals surface area contributed by atoms with Crippen LogP contribution in [0.5, 0.6) is 17.2 Å². The predicted molar refractivity (Wildman–Crippen MR) is 249 cm³/mol. The number of hydrogen-bond acceptors (Lipinski definition) is 20. The van der Waals surface area contributed by atoms with Crippen molar-refractivity contribution in [2.24, 2.45) is 0 Å². The average Bonchev–Trinajstić information content (AvgIpc) is 3.98. The van der Waals surface area contributed by atoms with Crippen LogP contribution in [0.25, 0.3) is 0 Å². The second-order valence-corrected chi connectivity index (χ2v) is 15.4. The Morgan fingerprint density at radius 1 is 0.472 bits per heavy atom. The molecule has 0 aromatic heterocycles. The molecule has 20 nitrogen and oxygen atoms in total. The summed E-state index contributed by atoms with van der Waals surface area (Å²) in [6.45, 7) is 9.32. The van der Waals surface area contributed by atoms with Crippen molar-refractivity contribution in [1.82, 2.24) is 0 Å². The molecule has 4 aromatic rings. The summed E-state index contributed by atoms with van der Waals surface area (Å²) in [7, 11) is 1.24. The molecule has 2 aliphatic heterocycles. The minimum atomic E-state index is -0.931. The molecule has 72 heavy (non-hydrogen) atoms. The lowest BCUT2D eigenvalue weighted by molar-refractivity contribution is -0.138. The Labute approximate surface area is 413 Å². The topological polar surface area (TPSA) is 247 Å². The molecule has 0 aliphatic carbocycles. The molecule has 0 amide bonds. The summed E-state index contributed by atoms with van der Waals surface area (Å²) < 4.78 is 62.2. The molecule has 0 spiro atoms. The maximum atomic E-state index is 13.0. The number of methoxy groups -OCH3 is 1. The highest BCUT2D eigenvalue weighted by molar-refractivity contribution is 5.93. The van der Waals surface area contributed by atoms with Crippen molar-refractivity contribution in [2.45, 2.75) is 57.0 Å². The predicted octanol–water partition coefficient (Wildman–Crippen LogP) is 7.29. The quantitative estimate of drug-likeness (QED) is 0.0198. The summed E-state index contributed by atoms with van der Waals surface area (Å²) in [4.78, 5) is 95.0. The van der Waals surface area contributed by atoms with Crippen molar-refractivity contribution in [2.75, 3.05) is 46.8 Å². The third kappa shape index (κ3) is 17.6. The van der Waals surface area contributed by atoms with Gasteiger partial charge in [0, 0.05) is 12.2 Å². The van der Waals surface area contributed by atoms with Crippen LogP contribution in [0.15, 0.2) is 122 Å². The van der Waals surface area contributed by atoms with E-state index in [4.69, 9.17) is 47.4 Å². The number of hydrogen-bond donors (Lipinski definition) is 0. The third-order valence-corrected chi connectivity index (χ3v) is 10.2. The SMILES string of the molecule is C=CC(=O)OCCCCOC(=O)OC.C=CC(=O)OCCCCOC(=O)Oc1ccc(C(=O)Oc2ccc(C(=O)O[C@@H]3COC4C(OC(=O)c5ccc(OC(=O)c6ccc(C)cc6)cc5)COC43)cc2)cc1. The molecule has 2 aliphatic rings. The molecule has 380 valence electrons. The van der Waals surface area contributed by atoms with E-state index >= 15 is 0 Å². The maximum Gasteiger partial charge on any atom is 0.513 e. The minimum absolute atomic E-state index is 0.0213. The maximum absolute atomic E-state index is 13.0. The molecule has 20 heteroatoms. The normalized spacial score (nSPS) is 16.1. The number of aryl methyl sites for hydroxylation is 1. The number of rotatable bonds is 21. The fourth-order valence-corrected chi connectivity index (χ4v) is 6.41. The van der Waals surface area contributed by atoms with Crippen molar-refractivity contribution in [3.8, 4) is 17.2 Å². The molecule has 0 saturated carbocycles. The van der Waals surface area contributed by atoms with Crippen molar-refractivity contribution < 1.29 is 95.2 Å². The van der Waals surface area contributed by atoms with Gasteiger partial charge >= 0.3 is 48.1 Å². The first kappa shape index (κ1) is 54.6. The van der Waals surface area contributed by atoms with Crippen LogP contribution in [-0.4, -0.2) is 119 Å². The van der Waals surface area contributed by atoms with Gasteiger partial charge in [-0.25, -0.2) is 38.4 Å². The molecule has 0 radical (unpaired) electrons. The van der Waals surface area contributed by atoms with Crippen molar-refractivity contribution in [1.29, 1.82) is 0 Å². The van der Waals surface area contributed by atoms with Gasteiger partial charge in [-0.1, -0.05) is 30.9 Å². The number of ether oxygens (including phenoxy) is 12. The van der Waals surface area contributed by atoms with Crippen LogP contribution in [0.2, 0.25) is 0 Å².